The van der Waals surface area contributed by atoms with Gasteiger partial charge in [-0.15, -0.1) is 0 Å². The highest BCUT2D eigenvalue weighted by molar-refractivity contribution is 6.24. The number of aromatic amines is 1. The zero-order valence-corrected chi connectivity index (χ0v) is 40.6. The van der Waals surface area contributed by atoms with Gasteiger partial charge in [-0.05, 0) is 144 Å². The monoisotopic (exact) mass is 940 g/mol. The standard InChI is InChI=1S/C53H65N9O7/c1-6-60(41-19-26-69-27-20-41)46-30-38(29-43(35(46)4)49(64)54-31-44-33(2)28-34(3)55-50(44)65)37-10-12-40(13-11-37)58-23-16-39(17-24-58)57(5)32-36-14-21-59(22-15-36)45-9-7-8-42-48(45)52(67)62(51(42)66)61-25-18-47(63)56-53(61)68/h7-13,28-30,36,39,41H,6,14-27,31-32H2,1-5H3,(H,54,64)(H,55,65)(H,56,63,68). The number of fused-ring (bicyclic) bond motifs is 1. The molecule has 0 spiro atoms. The lowest BCUT2D eigenvalue weighted by molar-refractivity contribution is -0.122. The van der Waals surface area contributed by atoms with Crippen LogP contribution in [0.1, 0.15) is 105 Å². The molecule has 0 bridgehead atoms. The summed E-state index contributed by atoms with van der Waals surface area (Å²) in [7, 11) is 2.24. The van der Waals surface area contributed by atoms with Gasteiger partial charge in [0, 0.05) is 106 Å². The molecule has 9 rings (SSSR count). The fourth-order valence-electron chi connectivity index (χ4n) is 11.2. The Kier molecular flexibility index (Phi) is 13.9. The number of nitrogens with zero attached hydrogens (tertiary/aromatic N) is 6. The fraction of sp³-hybridized carbons (Fsp3) is 0.472. The van der Waals surface area contributed by atoms with E-state index in [4.69, 9.17) is 4.74 Å². The fourth-order valence-corrected chi connectivity index (χ4v) is 11.2. The molecule has 0 radical (unpaired) electrons. The molecule has 16 heteroatoms. The Morgan fingerprint density at radius 1 is 0.797 bits per heavy atom. The number of rotatable bonds is 13. The molecule has 4 saturated heterocycles. The zero-order chi connectivity index (χ0) is 48.5. The molecular weight excluding hydrogens is 875 g/mol. The van der Waals surface area contributed by atoms with Gasteiger partial charge in [-0.25, -0.2) is 9.80 Å². The summed E-state index contributed by atoms with van der Waals surface area (Å²) >= 11 is 0. The number of urea groups is 1. The average molecular weight is 940 g/mol. The number of aryl methyl sites for hydroxylation is 2. The van der Waals surface area contributed by atoms with E-state index in [9.17, 15) is 28.8 Å². The lowest BCUT2D eigenvalue weighted by Gasteiger charge is -2.41. The number of hydrogen-bond acceptors (Lipinski definition) is 11. The third-order valence-corrected chi connectivity index (χ3v) is 15.1. The Balaban J connectivity index is 0.819. The Morgan fingerprint density at radius 2 is 1.51 bits per heavy atom. The largest absolute Gasteiger partial charge is 0.381 e. The van der Waals surface area contributed by atoms with Gasteiger partial charge in [-0.3, -0.25) is 29.3 Å². The van der Waals surface area contributed by atoms with Crippen LogP contribution in [0, 0.1) is 26.7 Å². The molecule has 4 aromatic rings. The minimum absolute atomic E-state index is 0.0156. The van der Waals surface area contributed by atoms with Crippen LogP contribution in [0.25, 0.3) is 11.1 Å². The van der Waals surface area contributed by atoms with Crippen LogP contribution < -0.4 is 30.9 Å². The molecule has 3 aromatic carbocycles. The SMILES string of the molecule is CCN(c1cc(-c2ccc(N3CCC(N(C)CC4CCN(c5cccc6c5C(=O)N(N5CCC(=O)NC5=O)C6=O)CC4)CC3)cc2)cc(C(=O)NCc2c(C)cc(C)[nH]c2=O)c1C)C1CCOCC1. The van der Waals surface area contributed by atoms with Gasteiger partial charge >= 0.3 is 6.03 Å². The Morgan fingerprint density at radius 3 is 2.19 bits per heavy atom. The van der Waals surface area contributed by atoms with Crippen LogP contribution in [0.15, 0.2) is 65.5 Å². The number of nitrogens with one attached hydrogen (secondary N) is 3. The van der Waals surface area contributed by atoms with Crippen molar-refractivity contribution in [3.05, 3.63) is 110 Å². The van der Waals surface area contributed by atoms with Crippen LogP contribution in [0.5, 0.6) is 0 Å². The number of hydrazine groups is 1. The molecule has 69 heavy (non-hydrogen) atoms. The lowest BCUT2D eigenvalue weighted by atomic mass is 9.93. The van der Waals surface area contributed by atoms with Gasteiger partial charge in [0.15, 0.2) is 0 Å². The molecule has 0 saturated carbocycles. The normalized spacial score (nSPS) is 18.6. The van der Waals surface area contributed by atoms with Crippen LogP contribution in [0.3, 0.4) is 0 Å². The van der Waals surface area contributed by atoms with Crippen LogP contribution >= 0.6 is 0 Å². The number of hydrogen-bond donors (Lipinski definition) is 3. The van der Waals surface area contributed by atoms with E-state index < -0.39 is 23.8 Å². The Labute approximate surface area is 403 Å². The molecule has 0 atom stereocenters. The molecule has 6 amide bonds. The van der Waals surface area contributed by atoms with Crippen LogP contribution in [-0.4, -0.2) is 128 Å². The number of H-pyrrole nitrogens is 1. The summed E-state index contributed by atoms with van der Waals surface area (Å²) < 4.78 is 5.72. The topological polar surface area (TPSA) is 171 Å². The number of amides is 6. The van der Waals surface area contributed by atoms with Gasteiger partial charge in [0.25, 0.3) is 23.3 Å². The van der Waals surface area contributed by atoms with Crippen molar-refractivity contribution in [3.63, 3.8) is 0 Å². The summed E-state index contributed by atoms with van der Waals surface area (Å²) in [6.45, 7) is 14.7. The van der Waals surface area contributed by atoms with E-state index in [0.29, 0.717) is 40.4 Å². The van der Waals surface area contributed by atoms with E-state index in [1.165, 1.54) is 5.69 Å². The van der Waals surface area contributed by atoms with Gasteiger partial charge < -0.3 is 34.6 Å². The second-order valence-corrected chi connectivity index (χ2v) is 19.4. The van der Waals surface area contributed by atoms with Gasteiger partial charge in [-0.1, -0.05) is 18.2 Å². The van der Waals surface area contributed by atoms with E-state index in [0.717, 1.165) is 135 Å². The number of imide groups is 2. The van der Waals surface area contributed by atoms with Crippen molar-refractivity contribution < 1.29 is 28.7 Å². The van der Waals surface area contributed by atoms with Crippen molar-refractivity contribution >= 4 is 46.7 Å². The van der Waals surface area contributed by atoms with Crippen LogP contribution in [0.2, 0.25) is 0 Å². The molecular formula is C53H65N9O7. The predicted octanol–water partition coefficient (Wildman–Crippen LogP) is 6.17. The van der Waals surface area contributed by atoms with Gasteiger partial charge in [0.2, 0.25) is 5.91 Å². The highest BCUT2D eigenvalue weighted by Gasteiger charge is 2.45. The highest BCUT2D eigenvalue weighted by atomic mass is 16.5. The third-order valence-electron chi connectivity index (χ3n) is 15.1. The maximum absolute atomic E-state index is 14.1. The Bertz CT molecular complexity index is 2680. The molecule has 6 heterocycles. The van der Waals surface area contributed by atoms with Crippen LogP contribution in [-0.2, 0) is 16.1 Å². The smallest absolute Gasteiger partial charge is 0.343 e. The van der Waals surface area contributed by atoms with Gasteiger partial charge in [0.05, 0.1) is 23.4 Å². The highest BCUT2D eigenvalue weighted by Crippen LogP contribution is 2.37. The van der Waals surface area contributed by atoms with E-state index in [1.807, 2.05) is 39.0 Å². The molecule has 3 N–H and O–H groups in total. The number of pyridine rings is 1. The number of ether oxygens (including phenoxy) is 1. The lowest BCUT2D eigenvalue weighted by Crippen LogP contribution is -2.58. The van der Waals surface area contributed by atoms with Crippen molar-refractivity contribution in [2.45, 2.75) is 91.3 Å². The summed E-state index contributed by atoms with van der Waals surface area (Å²) in [4.78, 5) is 90.8. The second-order valence-electron chi connectivity index (χ2n) is 19.4. The summed E-state index contributed by atoms with van der Waals surface area (Å²) in [6, 6.07) is 20.2. The number of piperidine rings is 2. The molecule has 4 fully saturated rings. The van der Waals surface area contributed by atoms with E-state index in [2.05, 4.69) is 79.5 Å². The first-order valence-electron chi connectivity index (χ1n) is 24.7. The van der Waals surface area contributed by atoms with E-state index in [-0.39, 0.29) is 36.5 Å². The number of anilines is 3. The van der Waals surface area contributed by atoms with Crippen LogP contribution in [0.4, 0.5) is 21.9 Å². The van der Waals surface area contributed by atoms with Crippen molar-refractivity contribution in [2.24, 2.45) is 5.92 Å². The summed E-state index contributed by atoms with van der Waals surface area (Å²) in [5, 5.41) is 7.19. The molecule has 5 aliphatic heterocycles. The minimum atomic E-state index is -0.768. The van der Waals surface area contributed by atoms with E-state index in [1.54, 1.807) is 12.1 Å². The summed E-state index contributed by atoms with van der Waals surface area (Å²) in [5.74, 6) is -1.23. The minimum Gasteiger partial charge on any atom is -0.381 e. The summed E-state index contributed by atoms with van der Waals surface area (Å²) in [5.41, 5.74) is 9.06. The summed E-state index contributed by atoms with van der Waals surface area (Å²) in [6.07, 6.45) is 5.88. The first kappa shape index (κ1) is 47.5. The molecule has 0 aliphatic carbocycles. The molecule has 16 nitrogen and oxygen atoms in total. The first-order chi connectivity index (χ1) is 33.3. The maximum atomic E-state index is 14.1. The molecule has 1 aromatic heterocycles. The van der Waals surface area contributed by atoms with Crippen molar-refractivity contribution in [1.29, 1.82) is 0 Å². The predicted molar refractivity (Wildman–Crippen MR) is 266 cm³/mol. The number of aromatic nitrogens is 1. The molecule has 0 unspecified atom stereocenters. The van der Waals surface area contributed by atoms with Crippen molar-refractivity contribution in [2.75, 3.05) is 80.8 Å². The first-order valence-corrected chi connectivity index (χ1v) is 24.7. The van der Waals surface area contributed by atoms with Crippen molar-refractivity contribution in [1.82, 2.24) is 30.5 Å². The zero-order valence-electron chi connectivity index (χ0n) is 40.6. The Hall–Kier alpha value is -6.52. The number of carbonyl (C=O) groups excluding carboxylic acids is 5. The molecule has 5 aliphatic rings. The van der Waals surface area contributed by atoms with Crippen molar-refractivity contribution in [3.8, 4) is 11.1 Å². The molecule has 364 valence electrons. The maximum Gasteiger partial charge on any atom is 0.343 e. The second kappa shape index (κ2) is 20.2. The number of carbonyl (C=O) groups is 5. The quantitative estimate of drug-likeness (QED) is 0.131. The third kappa shape index (κ3) is 9.73. The average Bonchev–Trinajstić information content (AvgIpc) is 3.60. The van der Waals surface area contributed by atoms with E-state index >= 15 is 0 Å². The van der Waals surface area contributed by atoms with Gasteiger partial charge in [-0.2, -0.15) is 5.01 Å². The van der Waals surface area contributed by atoms with Gasteiger partial charge in [0.1, 0.15) is 0 Å². The number of benzene rings is 3.